The van der Waals surface area contributed by atoms with Gasteiger partial charge < -0.3 is 18.8 Å². The third-order valence-corrected chi connectivity index (χ3v) is 3.30. The summed E-state index contributed by atoms with van der Waals surface area (Å²) in [7, 11) is 0. The molecule has 0 aliphatic carbocycles. The first-order chi connectivity index (χ1) is 11.1. The van der Waals surface area contributed by atoms with Crippen molar-refractivity contribution in [3.8, 4) is 0 Å². The minimum atomic E-state index is -0.742. The lowest BCUT2D eigenvalue weighted by Crippen LogP contribution is -2.18. The molecule has 1 aromatic heterocycles. The van der Waals surface area contributed by atoms with Crippen LogP contribution in [0.4, 0.5) is 0 Å². The normalized spacial score (nSPS) is 12.0. The summed E-state index contributed by atoms with van der Waals surface area (Å²) in [5.41, 5.74) is 0.494. The molecule has 23 heavy (non-hydrogen) atoms. The van der Waals surface area contributed by atoms with E-state index in [-0.39, 0.29) is 36.6 Å². The maximum absolute atomic E-state index is 12.3. The maximum Gasteiger partial charge on any atom is 0.356 e. The number of carbonyl (C=O) groups is 3. The summed E-state index contributed by atoms with van der Waals surface area (Å²) in [4.78, 5) is 36.9. The Hall–Kier alpha value is -2.57. The first-order valence-electron chi connectivity index (χ1n) is 7.51. The molecule has 1 aliphatic heterocycles. The molecule has 0 fully saturated rings. The molecule has 2 heterocycles. The molecule has 0 saturated carbocycles. The topological polar surface area (TPSA) is 83.8 Å². The molecule has 0 N–H and O–H groups in total. The van der Waals surface area contributed by atoms with Crippen LogP contribution in [0.1, 0.15) is 57.7 Å². The SMILES string of the molecule is CCOC(=O)c1c(C(=O)OCC)c(C(=O)OCC)n2c1CC=C2. The quantitative estimate of drug-likeness (QED) is 0.589. The molecule has 0 spiro atoms. The summed E-state index contributed by atoms with van der Waals surface area (Å²) >= 11 is 0. The summed E-state index contributed by atoms with van der Waals surface area (Å²) in [6.07, 6.45) is 3.84. The van der Waals surface area contributed by atoms with Crippen LogP contribution >= 0.6 is 0 Å². The summed E-state index contributed by atoms with van der Waals surface area (Å²) in [6, 6.07) is 0. The summed E-state index contributed by atoms with van der Waals surface area (Å²) in [5, 5.41) is 0. The lowest BCUT2D eigenvalue weighted by Gasteiger charge is -2.08. The highest BCUT2D eigenvalue weighted by atomic mass is 16.5. The van der Waals surface area contributed by atoms with E-state index in [4.69, 9.17) is 14.2 Å². The molecule has 124 valence electrons. The van der Waals surface area contributed by atoms with Gasteiger partial charge in [-0.05, 0) is 20.8 Å². The molecule has 1 aromatic rings. The van der Waals surface area contributed by atoms with E-state index in [2.05, 4.69) is 0 Å². The van der Waals surface area contributed by atoms with Gasteiger partial charge in [-0.3, -0.25) is 0 Å². The molecule has 1 aliphatic rings. The smallest absolute Gasteiger partial charge is 0.356 e. The summed E-state index contributed by atoms with van der Waals surface area (Å²) < 4.78 is 16.6. The number of hydrogen-bond donors (Lipinski definition) is 0. The highest BCUT2D eigenvalue weighted by Crippen LogP contribution is 2.30. The van der Waals surface area contributed by atoms with Crippen molar-refractivity contribution in [2.75, 3.05) is 19.8 Å². The fourth-order valence-electron chi connectivity index (χ4n) is 2.50. The van der Waals surface area contributed by atoms with E-state index >= 15 is 0 Å². The third kappa shape index (κ3) is 2.99. The number of ether oxygens (including phenoxy) is 3. The van der Waals surface area contributed by atoms with Crippen LogP contribution < -0.4 is 0 Å². The zero-order valence-corrected chi connectivity index (χ0v) is 13.4. The van der Waals surface area contributed by atoms with Gasteiger partial charge in [-0.2, -0.15) is 0 Å². The second-order valence-electron chi connectivity index (χ2n) is 4.67. The van der Waals surface area contributed by atoms with Gasteiger partial charge in [-0.1, -0.05) is 6.08 Å². The van der Waals surface area contributed by atoms with Crippen LogP contribution in [0.15, 0.2) is 6.08 Å². The molecule has 0 atom stereocenters. The fraction of sp³-hybridized carbons (Fsp3) is 0.438. The van der Waals surface area contributed by atoms with Gasteiger partial charge in [0.2, 0.25) is 0 Å². The standard InChI is InChI=1S/C16H19NO6/c1-4-21-14(18)11-10-8-7-9-17(10)13(16(20)23-6-3)12(11)15(19)22-5-2/h7,9H,4-6,8H2,1-3H3. The number of carbonyl (C=O) groups excluding carboxylic acids is 3. The van der Waals surface area contributed by atoms with E-state index in [1.807, 2.05) is 0 Å². The van der Waals surface area contributed by atoms with Crippen LogP contribution in [0.2, 0.25) is 0 Å². The fourth-order valence-corrected chi connectivity index (χ4v) is 2.50. The van der Waals surface area contributed by atoms with Crippen molar-refractivity contribution in [1.29, 1.82) is 0 Å². The Morgan fingerprint density at radius 1 is 0.913 bits per heavy atom. The van der Waals surface area contributed by atoms with Crippen LogP contribution in [0, 0.1) is 0 Å². The van der Waals surface area contributed by atoms with Crippen LogP contribution in [-0.4, -0.2) is 42.3 Å². The molecule has 2 rings (SSSR count). The molecule has 0 amide bonds. The Morgan fingerprint density at radius 2 is 1.43 bits per heavy atom. The van der Waals surface area contributed by atoms with Crippen molar-refractivity contribution < 1.29 is 28.6 Å². The highest BCUT2D eigenvalue weighted by molar-refractivity contribution is 6.11. The molecule has 0 radical (unpaired) electrons. The van der Waals surface area contributed by atoms with E-state index in [9.17, 15) is 14.4 Å². The summed E-state index contributed by atoms with van der Waals surface area (Å²) in [6.45, 7) is 5.42. The van der Waals surface area contributed by atoms with Gasteiger partial charge >= 0.3 is 17.9 Å². The van der Waals surface area contributed by atoms with Crippen LogP contribution in [0.5, 0.6) is 0 Å². The highest BCUT2D eigenvalue weighted by Gasteiger charge is 2.36. The van der Waals surface area contributed by atoms with E-state index in [0.29, 0.717) is 12.1 Å². The number of aromatic nitrogens is 1. The van der Waals surface area contributed by atoms with Crippen LogP contribution in [0.3, 0.4) is 0 Å². The molecular formula is C16H19NO6. The Bertz CT molecular complexity index is 671. The van der Waals surface area contributed by atoms with Gasteiger partial charge in [0.15, 0.2) is 0 Å². The Labute approximate surface area is 133 Å². The lowest BCUT2D eigenvalue weighted by atomic mass is 10.1. The minimum Gasteiger partial charge on any atom is -0.462 e. The Kier molecular flexibility index (Phi) is 5.20. The molecule has 7 heteroatoms. The van der Waals surface area contributed by atoms with E-state index in [1.54, 1.807) is 33.0 Å². The average molecular weight is 321 g/mol. The van der Waals surface area contributed by atoms with Gasteiger partial charge in [0, 0.05) is 18.3 Å². The third-order valence-electron chi connectivity index (χ3n) is 3.30. The monoisotopic (exact) mass is 321 g/mol. The molecule has 0 saturated heterocycles. The van der Waals surface area contributed by atoms with Crippen molar-refractivity contribution >= 4 is 24.1 Å². The van der Waals surface area contributed by atoms with Crippen LogP contribution in [-0.2, 0) is 20.6 Å². The molecule has 0 unspecified atom stereocenters. The van der Waals surface area contributed by atoms with Gasteiger partial charge in [0.25, 0.3) is 0 Å². The molecule has 0 bridgehead atoms. The van der Waals surface area contributed by atoms with Crippen molar-refractivity contribution in [3.63, 3.8) is 0 Å². The second-order valence-corrected chi connectivity index (χ2v) is 4.67. The van der Waals surface area contributed by atoms with E-state index in [1.165, 1.54) is 4.57 Å². The molecule has 7 nitrogen and oxygen atoms in total. The Morgan fingerprint density at radius 3 is 2.00 bits per heavy atom. The van der Waals surface area contributed by atoms with Crippen molar-refractivity contribution in [2.45, 2.75) is 27.2 Å². The van der Waals surface area contributed by atoms with Crippen molar-refractivity contribution in [3.05, 3.63) is 28.6 Å². The van der Waals surface area contributed by atoms with Crippen molar-refractivity contribution in [2.24, 2.45) is 0 Å². The van der Waals surface area contributed by atoms with Gasteiger partial charge in [-0.25, -0.2) is 14.4 Å². The number of fused-ring (bicyclic) bond motifs is 1. The van der Waals surface area contributed by atoms with Gasteiger partial charge in [0.1, 0.15) is 11.3 Å². The molecule has 0 aromatic carbocycles. The second kappa shape index (κ2) is 7.13. The zero-order chi connectivity index (χ0) is 17.0. The predicted octanol–water partition coefficient (Wildman–Crippen LogP) is 2.04. The number of hydrogen-bond acceptors (Lipinski definition) is 6. The Balaban J connectivity index is 2.66. The largest absolute Gasteiger partial charge is 0.462 e. The van der Waals surface area contributed by atoms with E-state index < -0.39 is 17.9 Å². The van der Waals surface area contributed by atoms with E-state index in [0.717, 1.165) is 0 Å². The first kappa shape index (κ1) is 16.8. The van der Waals surface area contributed by atoms with Gasteiger partial charge in [-0.15, -0.1) is 0 Å². The number of rotatable bonds is 6. The maximum atomic E-state index is 12.3. The zero-order valence-electron chi connectivity index (χ0n) is 13.4. The molecular weight excluding hydrogens is 302 g/mol. The predicted molar refractivity (Wildman–Crippen MR) is 81.3 cm³/mol. The summed E-state index contributed by atoms with van der Waals surface area (Å²) in [5.74, 6) is -2.08. The number of esters is 3. The van der Waals surface area contributed by atoms with Gasteiger partial charge in [0.05, 0.1) is 25.4 Å². The average Bonchev–Trinajstić information content (AvgIpc) is 3.06. The minimum absolute atomic E-state index is 0.00268. The number of nitrogens with zero attached hydrogens (tertiary/aromatic N) is 1. The van der Waals surface area contributed by atoms with Crippen molar-refractivity contribution in [1.82, 2.24) is 4.57 Å². The number of allylic oxidation sites excluding steroid dienone is 1. The van der Waals surface area contributed by atoms with Crippen LogP contribution in [0.25, 0.3) is 6.20 Å². The first-order valence-corrected chi connectivity index (χ1v) is 7.51. The lowest BCUT2D eigenvalue weighted by molar-refractivity contribution is 0.0459.